The Morgan fingerprint density at radius 1 is 1.16 bits per heavy atom. The van der Waals surface area contributed by atoms with Crippen LogP contribution in [0.1, 0.15) is 12.8 Å². The van der Waals surface area contributed by atoms with E-state index in [1.807, 2.05) is 18.2 Å². The van der Waals surface area contributed by atoms with Gasteiger partial charge in [-0.25, -0.2) is 0 Å². The van der Waals surface area contributed by atoms with E-state index in [0.717, 1.165) is 46.1 Å². The lowest BCUT2D eigenvalue weighted by atomic mass is 10.1. The molecule has 2 N–H and O–H groups in total. The highest BCUT2D eigenvalue weighted by molar-refractivity contribution is 9.11. The van der Waals surface area contributed by atoms with Gasteiger partial charge in [0.25, 0.3) is 0 Å². The van der Waals surface area contributed by atoms with Gasteiger partial charge in [-0.2, -0.15) is 0 Å². The van der Waals surface area contributed by atoms with Crippen LogP contribution in [0.4, 0.5) is 5.82 Å². The molecule has 0 amide bonds. The zero-order valence-corrected chi connectivity index (χ0v) is 12.8. The van der Waals surface area contributed by atoms with Crippen molar-refractivity contribution < 1.29 is 0 Å². The van der Waals surface area contributed by atoms with Crippen LogP contribution in [-0.2, 0) is 0 Å². The Bertz CT molecular complexity index is 534. The van der Waals surface area contributed by atoms with Crippen molar-refractivity contribution in [1.82, 2.24) is 15.5 Å². The predicted molar refractivity (Wildman–Crippen MR) is 82.6 cm³/mol. The molecule has 1 aliphatic rings. The summed E-state index contributed by atoms with van der Waals surface area (Å²) in [6, 6.07) is 8.63. The summed E-state index contributed by atoms with van der Waals surface area (Å²) in [5.41, 5.74) is 0.923. The van der Waals surface area contributed by atoms with Crippen LogP contribution in [0.15, 0.2) is 28.1 Å². The van der Waals surface area contributed by atoms with Gasteiger partial charge in [-0.1, -0.05) is 0 Å². The molecule has 1 fully saturated rings. The highest BCUT2D eigenvalue weighted by atomic mass is 79.9. The number of thiophene rings is 1. The number of rotatable bonds is 3. The Morgan fingerprint density at radius 3 is 2.63 bits per heavy atom. The maximum atomic E-state index is 4.29. The number of hydrogen-bond donors (Lipinski definition) is 2. The van der Waals surface area contributed by atoms with E-state index < -0.39 is 0 Å². The summed E-state index contributed by atoms with van der Waals surface area (Å²) in [5, 5.41) is 15.4. The molecule has 0 unspecified atom stereocenters. The molecule has 0 bridgehead atoms. The summed E-state index contributed by atoms with van der Waals surface area (Å²) in [5.74, 6) is 0.867. The first-order valence-electron chi connectivity index (χ1n) is 6.38. The molecule has 1 aliphatic heterocycles. The van der Waals surface area contributed by atoms with Gasteiger partial charge in [0.15, 0.2) is 0 Å². The molecule has 0 atom stereocenters. The van der Waals surface area contributed by atoms with Gasteiger partial charge < -0.3 is 10.6 Å². The van der Waals surface area contributed by atoms with Gasteiger partial charge >= 0.3 is 0 Å². The number of anilines is 1. The predicted octanol–water partition coefficient (Wildman–Crippen LogP) is 3.13. The van der Waals surface area contributed by atoms with Gasteiger partial charge in [-0.15, -0.1) is 21.5 Å². The van der Waals surface area contributed by atoms with Crippen molar-refractivity contribution in [2.45, 2.75) is 18.9 Å². The molecular weight excluding hydrogens is 324 g/mol. The minimum atomic E-state index is 0.511. The Labute approximate surface area is 124 Å². The molecule has 6 heteroatoms. The molecule has 2 aromatic rings. The second-order valence-corrected chi connectivity index (χ2v) is 7.04. The monoisotopic (exact) mass is 338 g/mol. The van der Waals surface area contributed by atoms with Crippen molar-refractivity contribution in [2.75, 3.05) is 18.4 Å². The molecule has 0 aromatic carbocycles. The van der Waals surface area contributed by atoms with E-state index in [4.69, 9.17) is 0 Å². The highest BCUT2D eigenvalue weighted by Crippen LogP contribution is 2.29. The van der Waals surface area contributed by atoms with Gasteiger partial charge in [-0.3, -0.25) is 0 Å². The van der Waals surface area contributed by atoms with Crippen LogP contribution < -0.4 is 10.6 Å². The van der Waals surface area contributed by atoms with Gasteiger partial charge in [0.2, 0.25) is 0 Å². The van der Waals surface area contributed by atoms with E-state index in [1.54, 1.807) is 11.3 Å². The lowest BCUT2D eigenvalue weighted by molar-refractivity contribution is 0.478. The molecule has 19 heavy (non-hydrogen) atoms. The third-order valence-electron chi connectivity index (χ3n) is 3.18. The van der Waals surface area contributed by atoms with Crippen LogP contribution in [0.25, 0.3) is 10.6 Å². The summed E-state index contributed by atoms with van der Waals surface area (Å²) in [6.45, 7) is 2.15. The Kier molecular flexibility index (Phi) is 4.10. The van der Waals surface area contributed by atoms with Crippen LogP contribution in [-0.4, -0.2) is 29.3 Å². The SMILES string of the molecule is Brc1ccc(-c2ccc(NC3CCNCC3)nn2)s1. The smallest absolute Gasteiger partial charge is 0.148 e. The summed E-state index contributed by atoms with van der Waals surface area (Å²) in [7, 11) is 0. The zero-order chi connectivity index (χ0) is 13.1. The van der Waals surface area contributed by atoms with Crippen molar-refractivity contribution in [2.24, 2.45) is 0 Å². The summed E-state index contributed by atoms with van der Waals surface area (Å²) < 4.78 is 1.11. The second-order valence-electron chi connectivity index (χ2n) is 4.58. The average Bonchev–Trinajstić information content (AvgIpc) is 2.87. The van der Waals surface area contributed by atoms with Crippen molar-refractivity contribution >= 4 is 33.1 Å². The Morgan fingerprint density at radius 2 is 2.00 bits per heavy atom. The van der Waals surface area contributed by atoms with Gasteiger partial charge in [0.05, 0.1) is 8.66 Å². The third kappa shape index (κ3) is 3.32. The largest absolute Gasteiger partial charge is 0.366 e. The molecule has 3 rings (SSSR count). The fraction of sp³-hybridized carbons (Fsp3) is 0.385. The molecule has 4 nitrogen and oxygen atoms in total. The zero-order valence-electron chi connectivity index (χ0n) is 10.4. The standard InChI is InChI=1S/C13H15BrN4S/c14-12-3-2-11(19-12)10-1-4-13(18-17-10)16-9-5-7-15-8-6-9/h1-4,9,15H,5-8H2,(H,16,18). The van der Waals surface area contributed by atoms with Crippen molar-refractivity contribution in [3.63, 3.8) is 0 Å². The van der Waals surface area contributed by atoms with Crippen molar-refractivity contribution in [3.05, 3.63) is 28.1 Å². The highest BCUT2D eigenvalue weighted by Gasteiger charge is 2.13. The van der Waals surface area contributed by atoms with E-state index in [0.29, 0.717) is 6.04 Å². The van der Waals surface area contributed by atoms with Crippen LogP contribution in [0, 0.1) is 0 Å². The lowest BCUT2D eigenvalue weighted by Crippen LogP contribution is -2.35. The molecule has 3 heterocycles. The third-order valence-corrected chi connectivity index (χ3v) is 4.83. The van der Waals surface area contributed by atoms with E-state index in [-0.39, 0.29) is 0 Å². The molecule has 0 radical (unpaired) electrons. The molecule has 100 valence electrons. The summed E-state index contributed by atoms with van der Waals surface area (Å²) >= 11 is 5.13. The molecule has 0 aliphatic carbocycles. The van der Waals surface area contributed by atoms with Crippen LogP contribution in [0.2, 0.25) is 0 Å². The van der Waals surface area contributed by atoms with Crippen LogP contribution in [0.5, 0.6) is 0 Å². The number of nitrogens with zero attached hydrogens (tertiary/aromatic N) is 2. The molecule has 0 saturated carbocycles. The molecule has 0 spiro atoms. The average molecular weight is 339 g/mol. The number of piperidine rings is 1. The summed E-state index contributed by atoms with van der Waals surface area (Å²) in [6.07, 6.45) is 2.28. The van der Waals surface area contributed by atoms with Crippen molar-refractivity contribution in [3.8, 4) is 10.6 Å². The molecular formula is C13H15BrN4S. The number of aromatic nitrogens is 2. The Balaban J connectivity index is 1.68. The maximum absolute atomic E-state index is 4.29. The van der Waals surface area contributed by atoms with E-state index >= 15 is 0 Å². The van der Waals surface area contributed by atoms with Crippen LogP contribution in [0.3, 0.4) is 0 Å². The first-order valence-corrected chi connectivity index (χ1v) is 7.99. The lowest BCUT2D eigenvalue weighted by Gasteiger charge is -2.23. The normalized spacial score (nSPS) is 16.5. The summed E-state index contributed by atoms with van der Waals surface area (Å²) in [4.78, 5) is 1.13. The van der Waals surface area contributed by atoms with E-state index in [9.17, 15) is 0 Å². The topological polar surface area (TPSA) is 49.8 Å². The van der Waals surface area contributed by atoms with Gasteiger partial charge in [0.1, 0.15) is 11.5 Å². The van der Waals surface area contributed by atoms with E-state index in [2.05, 4.69) is 42.8 Å². The van der Waals surface area contributed by atoms with Gasteiger partial charge in [0, 0.05) is 6.04 Å². The second kappa shape index (κ2) is 5.98. The molecule has 2 aromatic heterocycles. The van der Waals surface area contributed by atoms with Crippen molar-refractivity contribution in [1.29, 1.82) is 0 Å². The van der Waals surface area contributed by atoms with Crippen LogP contribution >= 0.6 is 27.3 Å². The minimum Gasteiger partial charge on any atom is -0.366 e. The Hall–Kier alpha value is -0.980. The maximum Gasteiger partial charge on any atom is 0.148 e. The number of hydrogen-bond acceptors (Lipinski definition) is 5. The fourth-order valence-corrected chi connectivity index (χ4v) is 3.52. The number of halogens is 1. The van der Waals surface area contributed by atoms with E-state index in [1.165, 1.54) is 0 Å². The first-order chi connectivity index (χ1) is 9.31. The quantitative estimate of drug-likeness (QED) is 0.902. The minimum absolute atomic E-state index is 0.511. The van der Waals surface area contributed by atoms with Gasteiger partial charge in [-0.05, 0) is 66.1 Å². The number of nitrogens with one attached hydrogen (secondary N) is 2. The molecule has 1 saturated heterocycles. The fourth-order valence-electron chi connectivity index (χ4n) is 2.17. The first kappa shape index (κ1) is 13.0.